The number of amides is 1. The Labute approximate surface area is 166 Å². The Hall–Kier alpha value is -2.46. The Balaban J connectivity index is 1.70. The molecule has 6 nitrogen and oxygen atoms in total. The fourth-order valence-corrected chi connectivity index (χ4v) is 3.80. The molecule has 1 fully saturated rings. The molecule has 1 amide bonds. The van der Waals surface area contributed by atoms with Gasteiger partial charge in [0.2, 0.25) is 0 Å². The molecule has 0 radical (unpaired) electrons. The van der Waals surface area contributed by atoms with Crippen LogP contribution in [0.25, 0.3) is 0 Å². The largest absolute Gasteiger partial charge is 0.573 e. The number of nitrogens with one attached hydrogen (secondary N) is 1. The number of hydrogen-bond donors (Lipinski definition) is 2. The molecule has 2 aliphatic rings. The van der Waals surface area contributed by atoms with Crippen molar-refractivity contribution in [1.82, 2.24) is 0 Å². The third kappa shape index (κ3) is 3.74. The average Bonchev–Trinajstić information content (AvgIpc) is 2.97. The lowest BCUT2D eigenvalue weighted by Crippen LogP contribution is -2.22. The maximum absolute atomic E-state index is 12.6. The van der Waals surface area contributed by atoms with Gasteiger partial charge in [-0.25, -0.2) is 0 Å². The van der Waals surface area contributed by atoms with Gasteiger partial charge in [-0.2, -0.15) is 0 Å². The summed E-state index contributed by atoms with van der Waals surface area (Å²) in [6.45, 7) is 1.11. The molecule has 148 valence electrons. The molecule has 2 aromatic rings. The van der Waals surface area contributed by atoms with Crippen LogP contribution in [0, 0.1) is 0 Å². The van der Waals surface area contributed by atoms with E-state index in [4.69, 9.17) is 4.74 Å². The van der Waals surface area contributed by atoms with Gasteiger partial charge in [0.05, 0.1) is 23.0 Å². The van der Waals surface area contributed by atoms with Crippen molar-refractivity contribution in [3.63, 3.8) is 0 Å². The number of fused-ring (bicyclic) bond motifs is 2. The fourth-order valence-electron chi connectivity index (χ4n) is 3.21. The van der Waals surface area contributed by atoms with Crippen LogP contribution < -0.4 is 19.7 Å². The van der Waals surface area contributed by atoms with Crippen molar-refractivity contribution in [2.45, 2.75) is 18.9 Å². The molecule has 0 aromatic heterocycles. The summed E-state index contributed by atoms with van der Waals surface area (Å²) in [6.07, 6.45) is -4.63. The van der Waals surface area contributed by atoms with Gasteiger partial charge in [-0.3, -0.25) is 4.79 Å². The van der Waals surface area contributed by atoms with E-state index in [1.165, 1.54) is 6.07 Å². The Morgan fingerprint density at radius 2 is 2.04 bits per heavy atom. The summed E-state index contributed by atoms with van der Waals surface area (Å²) in [6, 6.07) is 6.72. The van der Waals surface area contributed by atoms with E-state index in [0.29, 0.717) is 24.0 Å². The summed E-state index contributed by atoms with van der Waals surface area (Å²) < 4.78 is 47.7. The molecule has 0 unspecified atom stereocenters. The summed E-state index contributed by atoms with van der Waals surface area (Å²) in [5.41, 5.74) is 1.05. The lowest BCUT2D eigenvalue weighted by atomic mass is 10.1. The Bertz CT molecular complexity index is 951. The van der Waals surface area contributed by atoms with E-state index in [9.17, 15) is 23.1 Å². The van der Waals surface area contributed by atoms with Crippen LogP contribution in [-0.2, 0) is 0 Å². The van der Waals surface area contributed by atoms with E-state index >= 15 is 0 Å². The second-order valence-corrected chi connectivity index (χ2v) is 7.30. The van der Waals surface area contributed by atoms with Crippen LogP contribution in [0.4, 0.5) is 24.5 Å². The zero-order chi connectivity index (χ0) is 20.1. The molecule has 1 saturated heterocycles. The predicted octanol–water partition coefficient (Wildman–Crippen LogP) is 4.28. The molecule has 2 heterocycles. The number of aliphatic hydroxyl groups excluding tert-OH is 1. The topological polar surface area (TPSA) is 71.0 Å². The zero-order valence-corrected chi connectivity index (χ0v) is 15.8. The summed E-state index contributed by atoms with van der Waals surface area (Å²) in [5, 5.41) is 12.3. The second kappa shape index (κ2) is 6.85. The number of benzene rings is 2. The number of nitrogens with zero attached hydrogens (tertiary/aromatic N) is 1. The van der Waals surface area contributed by atoms with Gasteiger partial charge in [0.25, 0.3) is 5.91 Å². The van der Waals surface area contributed by atoms with Crippen LogP contribution in [0.5, 0.6) is 17.2 Å². The quantitative estimate of drug-likeness (QED) is 0.702. The fraction of sp³-hybridized carbons (Fsp3) is 0.278. The van der Waals surface area contributed by atoms with E-state index in [0.717, 1.165) is 17.8 Å². The molecule has 0 bridgehead atoms. The molecule has 2 N–H and O–H groups in total. The van der Waals surface area contributed by atoms with Gasteiger partial charge >= 0.3 is 6.36 Å². The van der Waals surface area contributed by atoms with Gasteiger partial charge in [-0.05, 0) is 40.5 Å². The van der Waals surface area contributed by atoms with Crippen LogP contribution in [-0.4, -0.2) is 36.6 Å². The van der Waals surface area contributed by atoms with Crippen molar-refractivity contribution in [1.29, 1.82) is 0 Å². The summed E-state index contributed by atoms with van der Waals surface area (Å²) >= 11 is 3.43. The molecule has 2 aromatic carbocycles. The lowest BCUT2D eigenvalue weighted by Gasteiger charge is -2.21. The van der Waals surface area contributed by atoms with Crippen molar-refractivity contribution in [3.8, 4) is 17.2 Å². The summed E-state index contributed by atoms with van der Waals surface area (Å²) in [7, 11) is 0. The van der Waals surface area contributed by atoms with Gasteiger partial charge in [-0.1, -0.05) is 0 Å². The minimum Gasteiger partial charge on any atom is -0.454 e. The number of aliphatic hydroxyl groups is 1. The smallest absolute Gasteiger partial charge is 0.454 e. The number of rotatable bonds is 2. The van der Waals surface area contributed by atoms with Gasteiger partial charge in [-0.15, -0.1) is 13.2 Å². The van der Waals surface area contributed by atoms with Crippen molar-refractivity contribution in [3.05, 3.63) is 40.4 Å². The van der Waals surface area contributed by atoms with Crippen molar-refractivity contribution < 1.29 is 32.5 Å². The number of ether oxygens (including phenoxy) is 2. The number of carbonyl (C=O) groups is 1. The van der Waals surface area contributed by atoms with E-state index in [2.05, 4.69) is 26.0 Å². The number of anilines is 2. The number of carbonyl (C=O) groups excluding carboxylic acids is 1. The number of halogens is 4. The lowest BCUT2D eigenvalue weighted by molar-refractivity contribution is -0.274. The molecule has 0 saturated carbocycles. The van der Waals surface area contributed by atoms with Crippen LogP contribution in [0.1, 0.15) is 16.8 Å². The van der Waals surface area contributed by atoms with E-state index in [1.807, 2.05) is 4.90 Å². The standard InChI is InChI=1S/C18H14BrF3N2O4/c19-12-6-11-16(7-14(12)24-4-3-9(25)8-24)27-15-2-1-10(28-18(20,21)22)5-13(15)23-17(11)26/h1-2,5-7,9,25H,3-4,8H2,(H,23,26)/t9-/m1/s1. The van der Waals surface area contributed by atoms with Gasteiger partial charge < -0.3 is 24.8 Å². The normalized spacial score (nSPS) is 18.7. The molecule has 2 aliphatic heterocycles. The van der Waals surface area contributed by atoms with Gasteiger partial charge in [0, 0.05) is 29.7 Å². The van der Waals surface area contributed by atoms with Crippen molar-refractivity contribution in [2.75, 3.05) is 23.3 Å². The van der Waals surface area contributed by atoms with E-state index in [-0.39, 0.29) is 22.7 Å². The highest BCUT2D eigenvalue weighted by Gasteiger charge is 2.32. The Morgan fingerprint density at radius 1 is 1.25 bits per heavy atom. The first kappa shape index (κ1) is 18.9. The minimum absolute atomic E-state index is 0.0669. The summed E-state index contributed by atoms with van der Waals surface area (Å²) in [5.74, 6) is -0.530. The second-order valence-electron chi connectivity index (χ2n) is 6.45. The van der Waals surface area contributed by atoms with Crippen molar-refractivity contribution in [2.24, 2.45) is 0 Å². The molecule has 4 rings (SSSR count). The zero-order valence-electron chi connectivity index (χ0n) is 14.2. The summed E-state index contributed by atoms with van der Waals surface area (Å²) in [4.78, 5) is 14.5. The molecule has 10 heteroatoms. The number of β-amino-alcohol motifs (C(OH)–C–C–N with tert-alkyl or cyclic N) is 1. The SMILES string of the molecule is O=C1Nc2cc(OC(F)(F)F)ccc2Oc2cc(N3CC[C@@H](O)C3)c(Br)cc21. The van der Waals surface area contributed by atoms with Crippen LogP contribution in [0.2, 0.25) is 0 Å². The molecule has 0 spiro atoms. The third-order valence-corrected chi connectivity index (χ3v) is 5.09. The van der Waals surface area contributed by atoms with Crippen LogP contribution >= 0.6 is 15.9 Å². The monoisotopic (exact) mass is 458 g/mol. The average molecular weight is 459 g/mol. The van der Waals surface area contributed by atoms with Gasteiger partial charge in [0.1, 0.15) is 11.5 Å². The molecular formula is C18H14BrF3N2O4. The third-order valence-electron chi connectivity index (χ3n) is 4.45. The molecule has 0 aliphatic carbocycles. The molecule has 28 heavy (non-hydrogen) atoms. The first-order chi connectivity index (χ1) is 13.2. The first-order valence-corrected chi connectivity index (χ1v) is 9.14. The maximum Gasteiger partial charge on any atom is 0.573 e. The van der Waals surface area contributed by atoms with Crippen molar-refractivity contribution >= 4 is 33.2 Å². The van der Waals surface area contributed by atoms with Crippen LogP contribution in [0.3, 0.4) is 0 Å². The molecule has 1 atom stereocenters. The number of hydrogen-bond acceptors (Lipinski definition) is 5. The molecular weight excluding hydrogens is 445 g/mol. The minimum atomic E-state index is -4.84. The van der Waals surface area contributed by atoms with Gasteiger partial charge in [0.15, 0.2) is 5.75 Å². The van der Waals surface area contributed by atoms with Crippen LogP contribution in [0.15, 0.2) is 34.8 Å². The predicted molar refractivity (Wildman–Crippen MR) is 98.1 cm³/mol. The number of alkyl halides is 3. The Morgan fingerprint density at radius 3 is 2.71 bits per heavy atom. The highest BCUT2D eigenvalue weighted by atomic mass is 79.9. The first-order valence-electron chi connectivity index (χ1n) is 8.35. The highest BCUT2D eigenvalue weighted by Crippen LogP contribution is 2.42. The maximum atomic E-state index is 12.6. The highest BCUT2D eigenvalue weighted by molar-refractivity contribution is 9.10. The Kier molecular flexibility index (Phi) is 4.62. The van der Waals surface area contributed by atoms with E-state index in [1.54, 1.807) is 12.1 Å². The van der Waals surface area contributed by atoms with E-state index < -0.39 is 24.1 Å².